The Morgan fingerprint density at radius 3 is 2.55 bits per heavy atom. The van der Waals surface area contributed by atoms with Crippen LogP contribution in [0.15, 0.2) is 53.2 Å². The zero-order chi connectivity index (χ0) is 22.1. The van der Waals surface area contributed by atoms with Crippen molar-refractivity contribution >= 4 is 23.8 Å². The summed E-state index contributed by atoms with van der Waals surface area (Å²) in [4.78, 5) is 38.2. The molecule has 1 aliphatic rings. The largest absolute Gasteiger partial charge is 0.496 e. The van der Waals surface area contributed by atoms with E-state index in [9.17, 15) is 14.4 Å². The van der Waals surface area contributed by atoms with Crippen LogP contribution in [0.3, 0.4) is 0 Å². The number of nitrogens with zero attached hydrogens (tertiary/aromatic N) is 1. The number of para-hydroxylation sites is 1. The van der Waals surface area contributed by atoms with Crippen LogP contribution in [0.1, 0.15) is 24.2 Å². The van der Waals surface area contributed by atoms with Crippen molar-refractivity contribution in [3.8, 4) is 5.75 Å². The maximum absolute atomic E-state index is 12.3. The number of ether oxygens (including phenoxy) is 1. The molecule has 1 saturated heterocycles. The van der Waals surface area contributed by atoms with Gasteiger partial charge in [-0.2, -0.15) is 0 Å². The Kier molecular flexibility index (Phi) is 7.86. The number of amides is 3. The fourth-order valence-electron chi connectivity index (χ4n) is 3.42. The molecule has 1 fully saturated rings. The zero-order valence-electron chi connectivity index (χ0n) is 17.5. The molecule has 1 aromatic heterocycles. The van der Waals surface area contributed by atoms with Gasteiger partial charge in [0.05, 0.1) is 13.4 Å². The fourth-order valence-corrected chi connectivity index (χ4v) is 3.42. The first-order valence-corrected chi connectivity index (χ1v) is 10.2. The number of benzene rings is 1. The van der Waals surface area contributed by atoms with E-state index in [0.29, 0.717) is 31.1 Å². The predicted molar refractivity (Wildman–Crippen MR) is 115 cm³/mol. The highest BCUT2D eigenvalue weighted by atomic mass is 16.5. The fraction of sp³-hybridized carbons (Fsp3) is 0.348. The Morgan fingerprint density at radius 2 is 1.84 bits per heavy atom. The quantitative estimate of drug-likeness (QED) is 0.522. The van der Waals surface area contributed by atoms with E-state index in [0.717, 1.165) is 18.4 Å². The number of carbonyl (C=O) groups is 3. The van der Waals surface area contributed by atoms with Gasteiger partial charge in [0.2, 0.25) is 5.91 Å². The molecule has 0 spiro atoms. The SMILES string of the molecule is COc1ccccc1CNC(=O)C(=O)NCC1CCN(C(=O)C=Cc2ccco2)CC1. The maximum Gasteiger partial charge on any atom is 0.309 e. The number of carbonyl (C=O) groups excluding carboxylic acids is 3. The average molecular weight is 425 g/mol. The molecule has 0 radical (unpaired) electrons. The molecule has 0 saturated carbocycles. The van der Waals surface area contributed by atoms with Crippen LogP contribution in [-0.2, 0) is 20.9 Å². The van der Waals surface area contributed by atoms with Crippen molar-refractivity contribution in [3.63, 3.8) is 0 Å². The van der Waals surface area contributed by atoms with Crippen LogP contribution in [0, 0.1) is 5.92 Å². The summed E-state index contributed by atoms with van der Waals surface area (Å²) in [5.41, 5.74) is 0.796. The number of furan rings is 1. The monoisotopic (exact) mass is 425 g/mol. The molecule has 8 heteroatoms. The lowest BCUT2D eigenvalue weighted by atomic mass is 9.96. The van der Waals surface area contributed by atoms with Crippen molar-refractivity contribution in [2.75, 3.05) is 26.7 Å². The first-order valence-electron chi connectivity index (χ1n) is 10.2. The molecular weight excluding hydrogens is 398 g/mol. The van der Waals surface area contributed by atoms with Crippen molar-refractivity contribution in [2.24, 2.45) is 5.92 Å². The van der Waals surface area contributed by atoms with Crippen LogP contribution in [0.2, 0.25) is 0 Å². The van der Waals surface area contributed by atoms with Gasteiger partial charge in [-0.25, -0.2) is 0 Å². The molecular formula is C23H27N3O5. The molecule has 164 valence electrons. The van der Waals surface area contributed by atoms with Crippen molar-refractivity contribution in [1.82, 2.24) is 15.5 Å². The van der Waals surface area contributed by atoms with E-state index in [1.54, 1.807) is 42.5 Å². The minimum Gasteiger partial charge on any atom is -0.496 e. The molecule has 0 aliphatic carbocycles. The Bertz CT molecular complexity index is 915. The number of hydrogen-bond donors (Lipinski definition) is 2. The third kappa shape index (κ3) is 6.47. The third-order valence-corrected chi connectivity index (χ3v) is 5.25. The van der Waals surface area contributed by atoms with Crippen LogP contribution in [0.5, 0.6) is 5.75 Å². The number of rotatable bonds is 7. The van der Waals surface area contributed by atoms with E-state index < -0.39 is 11.8 Å². The lowest BCUT2D eigenvalue weighted by molar-refractivity contribution is -0.139. The topological polar surface area (TPSA) is 101 Å². The average Bonchev–Trinajstić information content (AvgIpc) is 3.33. The van der Waals surface area contributed by atoms with Crippen molar-refractivity contribution in [1.29, 1.82) is 0 Å². The summed E-state index contributed by atoms with van der Waals surface area (Å²) >= 11 is 0. The Balaban J connectivity index is 1.36. The Labute approximate surface area is 181 Å². The summed E-state index contributed by atoms with van der Waals surface area (Å²) in [6.07, 6.45) is 6.25. The van der Waals surface area contributed by atoms with E-state index in [-0.39, 0.29) is 18.4 Å². The molecule has 3 amide bonds. The van der Waals surface area contributed by atoms with Gasteiger partial charge in [-0.3, -0.25) is 14.4 Å². The molecule has 0 atom stereocenters. The highest BCUT2D eigenvalue weighted by Gasteiger charge is 2.23. The molecule has 2 heterocycles. The standard InChI is InChI=1S/C23H27N3O5/c1-30-20-7-3-2-5-18(20)16-25-23(29)22(28)24-15-17-10-12-26(13-11-17)21(27)9-8-19-6-4-14-31-19/h2-9,14,17H,10-13,15-16H2,1H3,(H,24,28)(H,25,29). The van der Waals surface area contributed by atoms with Gasteiger partial charge >= 0.3 is 11.8 Å². The number of likely N-dealkylation sites (tertiary alicyclic amines) is 1. The van der Waals surface area contributed by atoms with Gasteiger partial charge in [-0.1, -0.05) is 18.2 Å². The highest BCUT2D eigenvalue weighted by Crippen LogP contribution is 2.18. The summed E-state index contributed by atoms with van der Waals surface area (Å²) in [6, 6.07) is 10.9. The molecule has 0 unspecified atom stereocenters. The first kappa shape index (κ1) is 22.1. The van der Waals surface area contributed by atoms with Crippen molar-refractivity contribution in [2.45, 2.75) is 19.4 Å². The second-order valence-corrected chi connectivity index (χ2v) is 7.32. The first-order chi connectivity index (χ1) is 15.1. The van der Waals surface area contributed by atoms with Crippen LogP contribution in [-0.4, -0.2) is 49.4 Å². The minimum absolute atomic E-state index is 0.0606. The summed E-state index contributed by atoms with van der Waals surface area (Å²) in [5.74, 6) is 0.119. The van der Waals surface area contributed by atoms with Gasteiger partial charge in [0.1, 0.15) is 11.5 Å². The number of nitrogens with one attached hydrogen (secondary N) is 2. The zero-order valence-corrected chi connectivity index (χ0v) is 17.5. The van der Waals surface area contributed by atoms with E-state index in [2.05, 4.69) is 10.6 Å². The lowest BCUT2D eigenvalue weighted by Crippen LogP contribution is -2.44. The van der Waals surface area contributed by atoms with Crippen molar-refractivity contribution < 1.29 is 23.5 Å². The lowest BCUT2D eigenvalue weighted by Gasteiger charge is -2.31. The minimum atomic E-state index is -0.679. The van der Waals surface area contributed by atoms with Crippen molar-refractivity contribution in [3.05, 3.63) is 60.1 Å². The smallest absolute Gasteiger partial charge is 0.309 e. The van der Waals surface area contributed by atoms with Gasteiger partial charge < -0.3 is 24.7 Å². The summed E-state index contributed by atoms with van der Waals surface area (Å²) < 4.78 is 10.4. The summed E-state index contributed by atoms with van der Waals surface area (Å²) in [5, 5.41) is 5.30. The summed E-state index contributed by atoms with van der Waals surface area (Å²) in [6.45, 7) is 1.84. The summed E-state index contributed by atoms with van der Waals surface area (Å²) in [7, 11) is 1.56. The normalized spacial score (nSPS) is 14.4. The number of hydrogen-bond acceptors (Lipinski definition) is 5. The molecule has 3 rings (SSSR count). The third-order valence-electron chi connectivity index (χ3n) is 5.25. The van der Waals surface area contributed by atoms with Gasteiger partial charge in [-0.15, -0.1) is 0 Å². The van der Waals surface area contributed by atoms with Gasteiger partial charge in [0, 0.05) is 37.8 Å². The van der Waals surface area contributed by atoms with Crippen LogP contribution >= 0.6 is 0 Å². The Morgan fingerprint density at radius 1 is 1.10 bits per heavy atom. The predicted octanol–water partition coefficient (Wildman–Crippen LogP) is 1.97. The molecule has 1 aliphatic heterocycles. The second kappa shape index (κ2) is 11.0. The van der Waals surface area contributed by atoms with Gasteiger partial charge in [-0.05, 0) is 43.0 Å². The van der Waals surface area contributed by atoms with Gasteiger partial charge in [0.25, 0.3) is 0 Å². The molecule has 2 aromatic rings. The Hall–Kier alpha value is -3.55. The van der Waals surface area contributed by atoms with E-state index in [1.807, 2.05) is 18.2 Å². The van der Waals surface area contributed by atoms with Crippen LogP contribution in [0.25, 0.3) is 6.08 Å². The molecule has 8 nitrogen and oxygen atoms in total. The van der Waals surface area contributed by atoms with E-state index >= 15 is 0 Å². The second-order valence-electron chi connectivity index (χ2n) is 7.32. The van der Waals surface area contributed by atoms with Gasteiger partial charge in [0.15, 0.2) is 0 Å². The number of piperidine rings is 1. The van der Waals surface area contributed by atoms with E-state index in [1.165, 1.54) is 6.08 Å². The molecule has 1 aromatic carbocycles. The number of methoxy groups -OCH3 is 1. The highest BCUT2D eigenvalue weighted by molar-refractivity contribution is 6.35. The van der Waals surface area contributed by atoms with E-state index in [4.69, 9.17) is 9.15 Å². The van der Waals surface area contributed by atoms with Crippen LogP contribution < -0.4 is 15.4 Å². The van der Waals surface area contributed by atoms with Crippen LogP contribution in [0.4, 0.5) is 0 Å². The molecule has 31 heavy (non-hydrogen) atoms. The molecule has 2 N–H and O–H groups in total. The molecule has 0 bridgehead atoms. The maximum atomic E-state index is 12.3.